The summed E-state index contributed by atoms with van der Waals surface area (Å²) in [4.78, 5) is 14.7. The molecule has 0 bridgehead atoms. The van der Waals surface area contributed by atoms with Gasteiger partial charge in [0.15, 0.2) is 0 Å². The van der Waals surface area contributed by atoms with Crippen LogP contribution >= 0.6 is 0 Å². The van der Waals surface area contributed by atoms with Crippen molar-refractivity contribution in [2.75, 3.05) is 26.2 Å². The van der Waals surface area contributed by atoms with E-state index in [9.17, 15) is 4.79 Å². The van der Waals surface area contributed by atoms with Crippen molar-refractivity contribution in [3.63, 3.8) is 0 Å². The Kier molecular flexibility index (Phi) is 7.25. The van der Waals surface area contributed by atoms with Crippen molar-refractivity contribution in [3.05, 3.63) is 65.7 Å². The van der Waals surface area contributed by atoms with Crippen LogP contribution in [0.25, 0.3) is 0 Å². The standard InChI is InChI=1S/C22H28N2O3/c23-12-5-15-26-20-10-13-24(14-11-20)22(25)19-8-4-9-21(16-19)27-17-18-6-2-1-3-7-18/h1-4,6-9,16,20H,5,10-15,17,23H2. The summed E-state index contributed by atoms with van der Waals surface area (Å²) in [7, 11) is 0. The Balaban J connectivity index is 1.51. The van der Waals surface area contributed by atoms with Gasteiger partial charge in [-0.25, -0.2) is 0 Å². The maximum absolute atomic E-state index is 12.8. The molecule has 2 N–H and O–H groups in total. The molecule has 1 saturated heterocycles. The highest BCUT2D eigenvalue weighted by atomic mass is 16.5. The number of nitrogens with zero attached hydrogens (tertiary/aromatic N) is 1. The highest BCUT2D eigenvalue weighted by Gasteiger charge is 2.24. The van der Waals surface area contributed by atoms with E-state index < -0.39 is 0 Å². The zero-order chi connectivity index (χ0) is 18.9. The number of hydrogen-bond donors (Lipinski definition) is 1. The smallest absolute Gasteiger partial charge is 0.253 e. The lowest BCUT2D eigenvalue weighted by Crippen LogP contribution is -2.41. The minimum absolute atomic E-state index is 0.0561. The van der Waals surface area contributed by atoms with E-state index >= 15 is 0 Å². The Hall–Kier alpha value is -2.37. The van der Waals surface area contributed by atoms with Gasteiger partial charge in [0.25, 0.3) is 5.91 Å². The van der Waals surface area contributed by atoms with Gasteiger partial charge in [-0.3, -0.25) is 4.79 Å². The first-order valence-electron chi connectivity index (χ1n) is 9.64. The van der Waals surface area contributed by atoms with E-state index in [1.165, 1.54) is 0 Å². The molecule has 2 aromatic carbocycles. The summed E-state index contributed by atoms with van der Waals surface area (Å²) < 4.78 is 11.7. The number of benzene rings is 2. The van der Waals surface area contributed by atoms with Gasteiger partial charge in [0.05, 0.1) is 6.10 Å². The summed E-state index contributed by atoms with van der Waals surface area (Å²) in [5, 5.41) is 0. The van der Waals surface area contributed by atoms with Gasteiger partial charge in [0, 0.05) is 25.3 Å². The van der Waals surface area contributed by atoms with Crippen molar-refractivity contribution in [3.8, 4) is 5.75 Å². The highest BCUT2D eigenvalue weighted by Crippen LogP contribution is 2.20. The van der Waals surface area contributed by atoms with Crippen LogP contribution in [-0.4, -0.2) is 43.2 Å². The van der Waals surface area contributed by atoms with E-state index in [0.717, 1.165) is 37.9 Å². The average Bonchev–Trinajstić information content (AvgIpc) is 2.73. The van der Waals surface area contributed by atoms with E-state index in [1.807, 2.05) is 59.5 Å². The molecule has 2 aromatic rings. The second-order valence-electron chi connectivity index (χ2n) is 6.81. The monoisotopic (exact) mass is 368 g/mol. The van der Waals surface area contributed by atoms with Crippen LogP contribution in [0.1, 0.15) is 35.2 Å². The molecule has 0 atom stereocenters. The van der Waals surface area contributed by atoms with Crippen LogP contribution in [0, 0.1) is 0 Å². The van der Waals surface area contributed by atoms with Crippen molar-refractivity contribution < 1.29 is 14.3 Å². The summed E-state index contributed by atoms with van der Waals surface area (Å²) in [5.74, 6) is 0.769. The lowest BCUT2D eigenvalue weighted by Gasteiger charge is -2.32. The highest BCUT2D eigenvalue weighted by molar-refractivity contribution is 5.94. The predicted molar refractivity (Wildman–Crippen MR) is 106 cm³/mol. The molecule has 1 aliphatic rings. The average molecular weight is 368 g/mol. The van der Waals surface area contributed by atoms with Crippen LogP contribution in [0.5, 0.6) is 5.75 Å². The summed E-state index contributed by atoms with van der Waals surface area (Å²) >= 11 is 0. The Bertz CT molecular complexity index is 713. The fourth-order valence-electron chi connectivity index (χ4n) is 3.20. The van der Waals surface area contributed by atoms with Crippen LogP contribution in [0.3, 0.4) is 0 Å². The minimum atomic E-state index is 0.0561. The van der Waals surface area contributed by atoms with Crippen molar-refractivity contribution in [2.45, 2.75) is 32.0 Å². The molecule has 5 nitrogen and oxygen atoms in total. The first kappa shape index (κ1) is 19.4. The molecule has 1 amide bonds. The number of hydrogen-bond acceptors (Lipinski definition) is 4. The van der Waals surface area contributed by atoms with Crippen molar-refractivity contribution in [1.82, 2.24) is 4.90 Å². The van der Waals surface area contributed by atoms with Crippen molar-refractivity contribution in [1.29, 1.82) is 0 Å². The fraction of sp³-hybridized carbons (Fsp3) is 0.409. The molecule has 0 unspecified atom stereocenters. The maximum atomic E-state index is 12.8. The molecule has 3 rings (SSSR count). The molecule has 0 spiro atoms. The van der Waals surface area contributed by atoms with Gasteiger partial charge < -0.3 is 20.1 Å². The second kappa shape index (κ2) is 10.1. The molecule has 1 heterocycles. The Morgan fingerprint density at radius 3 is 2.59 bits per heavy atom. The molecule has 27 heavy (non-hydrogen) atoms. The topological polar surface area (TPSA) is 64.8 Å². The molecule has 1 aliphatic heterocycles. The normalized spacial score (nSPS) is 14.9. The quantitative estimate of drug-likeness (QED) is 0.727. The first-order valence-corrected chi connectivity index (χ1v) is 9.64. The molecule has 0 aromatic heterocycles. The Morgan fingerprint density at radius 2 is 1.85 bits per heavy atom. The molecule has 0 radical (unpaired) electrons. The molecule has 1 fully saturated rings. The lowest BCUT2D eigenvalue weighted by atomic mass is 10.1. The van der Waals surface area contributed by atoms with Gasteiger partial charge in [-0.1, -0.05) is 36.4 Å². The Morgan fingerprint density at radius 1 is 1.07 bits per heavy atom. The molecule has 5 heteroatoms. The number of carbonyl (C=O) groups excluding carboxylic acids is 1. The Labute approximate surface area is 161 Å². The molecular formula is C22H28N2O3. The number of nitrogens with two attached hydrogens (primary N) is 1. The van der Waals surface area contributed by atoms with E-state index in [0.29, 0.717) is 31.1 Å². The molecular weight excluding hydrogens is 340 g/mol. The SMILES string of the molecule is NCCCOC1CCN(C(=O)c2cccc(OCc3ccccc3)c2)CC1. The summed E-state index contributed by atoms with van der Waals surface area (Å²) in [6.45, 7) is 3.29. The summed E-state index contributed by atoms with van der Waals surface area (Å²) in [6.07, 6.45) is 2.87. The largest absolute Gasteiger partial charge is 0.489 e. The summed E-state index contributed by atoms with van der Waals surface area (Å²) in [5.41, 5.74) is 7.27. The lowest BCUT2D eigenvalue weighted by molar-refractivity contribution is 0.00843. The first-order chi connectivity index (χ1) is 13.3. The van der Waals surface area contributed by atoms with Crippen molar-refractivity contribution >= 4 is 5.91 Å². The van der Waals surface area contributed by atoms with E-state index in [4.69, 9.17) is 15.2 Å². The van der Waals surface area contributed by atoms with Gasteiger partial charge in [0.2, 0.25) is 0 Å². The van der Waals surface area contributed by atoms with Gasteiger partial charge in [0.1, 0.15) is 12.4 Å². The number of ether oxygens (including phenoxy) is 2. The number of likely N-dealkylation sites (tertiary alicyclic amines) is 1. The van der Waals surface area contributed by atoms with Gasteiger partial charge >= 0.3 is 0 Å². The van der Waals surface area contributed by atoms with Crippen LogP contribution in [0.4, 0.5) is 0 Å². The number of rotatable bonds is 8. The number of amides is 1. The third kappa shape index (κ3) is 5.81. The van der Waals surface area contributed by atoms with Crippen molar-refractivity contribution in [2.24, 2.45) is 5.73 Å². The van der Waals surface area contributed by atoms with Gasteiger partial charge in [-0.05, 0) is 49.6 Å². The predicted octanol–water partition coefficient (Wildman–Crippen LogP) is 3.24. The zero-order valence-electron chi connectivity index (χ0n) is 15.7. The number of piperidine rings is 1. The fourth-order valence-corrected chi connectivity index (χ4v) is 3.20. The second-order valence-corrected chi connectivity index (χ2v) is 6.81. The molecule has 144 valence electrons. The zero-order valence-corrected chi connectivity index (χ0v) is 15.7. The van der Waals surface area contributed by atoms with Crippen LogP contribution in [-0.2, 0) is 11.3 Å². The van der Waals surface area contributed by atoms with Crippen LogP contribution < -0.4 is 10.5 Å². The van der Waals surface area contributed by atoms with E-state index in [-0.39, 0.29) is 12.0 Å². The third-order valence-electron chi connectivity index (χ3n) is 4.76. The molecule has 0 aliphatic carbocycles. The van der Waals surface area contributed by atoms with Gasteiger partial charge in [-0.2, -0.15) is 0 Å². The van der Waals surface area contributed by atoms with Crippen LogP contribution in [0.2, 0.25) is 0 Å². The minimum Gasteiger partial charge on any atom is -0.489 e. The molecule has 0 saturated carbocycles. The summed E-state index contributed by atoms with van der Waals surface area (Å²) in [6, 6.07) is 17.4. The maximum Gasteiger partial charge on any atom is 0.253 e. The number of carbonyl (C=O) groups is 1. The van der Waals surface area contributed by atoms with E-state index in [1.54, 1.807) is 0 Å². The third-order valence-corrected chi connectivity index (χ3v) is 4.76. The van der Waals surface area contributed by atoms with Gasteiger partial charge in [-0.15, -0.1) is 0 Å². The van der Waals surface area contributed by atoms with E-state index in [2.05, 4.69) is 0 Å². The van der Waals surface area contributed by atoms with Crippen LogP contribution in [0.15, 0.2) is 54.6 Å².